The number of benzene rings is 1. The maximum absolute atomic E-state index is 12.2. The minimum Gasteiger partial charge on any atom is -0.342 e. The summed E-state index contributed by atoms with van der Waals surface area (Å²) in [5.41, 5.74) is 0.249. The van der Waals surface area contributed by atoms with Gasteiger partial charge in [0.25, 0.3) is 5.91 Å². The highest BCUT2D eigenvalue weighted by Gasteiger charge is 2.20. The van der Waals surface area contributed by atoms with E-state index in [1.807, 2.05) is 6.92 Å². The Morgan fingerprint density at radius 1 is 1.28 bits per heavy atom. The molecule has 0 heterocycles. The first-order valence-electron chi connectivity index (χ1n) is 5.92. The molecule has 0 bridgehead atoms. The van der Waals surface area contributed by atoms with Crippen LogP contribution in [-0.2, 0) is 9.84 Å². The van der Waals surface area contributed by atoms with Crippen molar-refractivity contribution < 1.29 is 13.2 Å². The molecule has 0 fully saturated rings. The fourth-order valence-electron chi connectivity index (χ4n) is 1.67. The first-order valence-corrected chi connectivity index (χ1v) is 7.81. The van der Waals surface area contributed by atoms with E-state index in [0.717, 1.165) is 19.1 Å². The molecule has 100 valence electrons. The molecule has 0 aromatic heterocycles. The highest BCUT2D eigenvalue weighted by atomic mass is 32.2. The highest BCUT2D eigenvalue weighted by molar-refractivity contribution is 7.90. The number of rotatable bonds is 5. The van der Waals surface area contributed by atoms with Crippen molar-refractivity contribution in [2.75, 3.05) is 19.8 Å². The van der Waals surface area contributed by atoms with Gasteiger partial charge in [0.1, 0.15) is 0 Å². The fourth-order valence-corrected chi connectivity index (χ4v) is 2.55. The maximum Gasteiger partial charge on any atom is 0.254 e. The molecular formula is C13H19NO3S. The molecule has 1 rings (SSSR count). The van der Waals surface area contributed by atoms with Crippen LogP contribution in [0.15, 0.2) is 29.2 Å². The molecule has 0 aliphatic heterocycles. The normalized spacial score (nSPS) is 11.3. The Morgan fingerprint density at radius 2 is 1.89 bits per heavy atom. The van der Waals surface area contributed by atoms with Gasteiger partial charge in [-0.25, -0.2) is 8.42 Å². The number of amides is 1. The van der Waals surface area contributed by atoms with Crippen molar-refractivity contribution in [1.82, 2.24) is 4.90 Å². The summed E-state index contributed by atoms with van der Waals surface area (Å²) in [6.45, 7) is 2.68. The summed E-state index contributed by atoms with van der Waals surface area (Å²) in [5.74, 6) is -0.246. The second-order valence-corrected chi connectivity index (χ2v) is 6.33. The number of hydrogen-bond donors (Lipinski definition) is 0. The van der Waals surface area contributed by atoms with Crippen LogP contribution in [0, 0.1) is 0 Å². The minimum absolute atomic E-state index is 0.0957. The molecule has 1 aromatic rings. The Morgan fingerprint density at radius 3 is 2.44 bits per heavy atom. The Balaban J connectivity index is 3.07. The van der Waals surface area contributed by atoms with Gasteiger partial charge in [-0.15, -0.1) is 0 Å². The van der Waals surface area contributed by atoms with Crippen molar-refractivity contribution in [2.45, 2.75) is 24.7 Å². The molecule has 0 unspecified atom stereocenters. The zero-order chi connectivity index (χ0) is 13.8. The summed E-state index contributed by atoms with van der Waals surface area (Å²) in [6.07, 6.45) is 3.01. The van der Waals surface area contributed by atoms with E-state index < -0.39 is 9.84 Å². The van der Waals surface area contributed by atoms with E-state index in [0.29, 0.717) is 6.54 Å². The fraction of sp³-hybridized carbons (Fsp3) is 0.462. The van der Waals surface area contributed by atoms with Crippen LogP contribution in [0.4, 0.5) is 0 Å². The van der Waals surface area contributed by atoms with Gasteiger partial charge in [-0.2, -0.15) is 0 Å². The Kier molecular flexibility index (Phi) is 4.90. The average molecular weight is 269 g/mol. The smallest absolute Gasteiger partial charge is 0.254 e. The number of unbranched alkanes of at least 4 members (excludes halogenated alkanes) is 1. The molecule has 0 saturated heterocycles. The van der Waals surface area contributed by atoms with Gasteiger partial charge < -0.3 is 4.90 Å². The second-order valence-electron chi connectivity index (χ2n) is 4.35. The van der Waals surface area contributed by atoms with Crippen molar-refractivity contribution in [2.24, 2.45) is 0 Å². The number of sulfone groups is 1. The van der Waals surface area contributed by atoms with E-state index in [1.54, 1.807) is 30.1 Å². The van der Waals surface area contributed by atoms with Crippen LogP contribution in [0.1, 0.15) is 30.1 Å². The molecule has 0 aliphatic carbocycles. The summed E-state index contributed by atoms with van der Waals surface area (Å²) in [5, 5.41) is 0. The summed E-state index contributed by atoms with van der Waals surface area (Å²) < 4.78 is 23.2. The van der Waals surface area contributed by atoms with Crippen LogP contribution >= 0.6 is 0 Å². The van der Waals surface area contributed by atoms with Crippen molar-refractivity contribution in [1.29, 1.82) is 0 Å². The highest BCUT2D eigenvalue weighted by Crippen LogP contribution is 2.17. The lowest BCUT2D eigenvalue weighted by Crippen LogP contribution is -2.28. The quantitative estimate of drug-likeness (QED) is 0.821. The van der Waals surface area contributed by atoms with Crippen molar-refractivity contribution in [3.8, 4) is 0 Å². The van der Waals surface area contributed by atoms with Crippen molar-refractivity contribution >= 4 is 15.7 Å². The van der Waals surface area contributed by atoms with Gasteiger partial charge in [0.05, 0.1) is 10.5 Å². The molecule has 18 heavy (non-hydrogen) atoms. The molecule has 0 saturated carbocycles. The lowest BCUT2D eigenvalue weighted by atomic mass is 10.2. The summed E-state index contributed by atoms with van der Waals surface area (Å²) in [6, 6.07) is 6.33. The van der Waals surface area contributed by atoms with Crippen molar-refractivity contribution in [3.63, 3.8) is 0 Å². The van der Waals surface area contributed by atoms with E-state index in [1.165, 1.54) is 6.07 Å². The molecule has 4 nitrogen and oxygen atoms in total. The molecular weight excluding hydrogens is 250 g/mol. The van der Waals surface area contributed by atoms with E-state index in [-0.39, 0.29) is 16.4 Å². The second kappa shape index (κ2) is 6.00. The lowest BCUT2D eigenvalue weighted by molar-refractivity contribution is 0.0789. The Bertz CT molecular complexity index is 523. The van der Waals surface area contributed by atoms with Crippen molar-refractivity contribution in [3.05, 3.63) is 29.8 Å². The summed E-state index contributed by atoms with van der Waals surface area (Å²) in [4.78, 5) is 13.8. The molecule has 1 amide bonds. The molecule has 5 heteroatoms. The van der Waals surface area contributed by atoms with E-state index in [4.69, 9.17) is 0 Å². The number of carbonyl (C=O) groups excluding carboxylic acids is 1. The molecule has 1 aromatic carbocycles. The largest absolute Gasteiger partial charge is 0.342 e. The van der Waals surface area contributed by atoms with Gasteiger partial charge in [0, 0.05) is 19.8 Å². The first kappa shape index (κ1) is 14.7. The van der Waals surface area contributed by atoms with Crippen LogP contribution in [0.5, 0.6) is 0 Å². The van der Waals surface area contributed by atoms with Gasteiger partial charge in [0.15, 0.2) is 9.84 Å². The standard InChI is InChI=1S/C13H19NO3S/c1-4-5-10-14(2)13(15)11-8-6-7-9-12(11)18(3,16)17/h6-9H,4-5,10H2,1-3H3. The molecule has 0 aliphatic rings. The molecule has 0 radical (unpaired) electrons. The number of hydrogen-bond acceptors (Lipinski definition) is 3. The first-order chi connectivity index (χ1) is 8.38. The average Bonchev–Trinajstić information content (AvgIpc) is 2.34. The monoisotopic (exact) mass is 269 g/mol. The SMILES string of the molecule is CCCCN(C)C(=O)c1ccccc1S(C)(=O)=O. The molecule has 0 spiro atoms. The third-order valence-corrected chi connectivity index (χ3v) is 3.87. The summed E-state index contributed by atoms with van der Waals surface area (Å²) in [7, 11) is -1.69. The van der Waals surface area contributed by atoms with Gasteiger partial charge in [0.2, 0.25) is 0 Å². The van der Waals surface area contributed by atoms with E-state index >= 15 is 0 Å². The van der Waals surface area contributed by atoms with E-state index in [2.05, 4.69) is 0 Å². The predicted molar refractivity (Wildman–Crippen MR) is 71.4 cm³/mol. The molecule has 0 atom stereocenters. The number of carbonyl (C=O) groups is 1. The van der Waals surface area contributed by atoms with Gasteiger partial charge in [-0.05, 0) is 18.6 Å². The van der Waals surface area contributed by atoms with Gasteiger partial charge in [-0.3, -0.25) is 4.79 Å². The van der Waals surface area contributed by atoms with Crippen LogP contribution in [0.3, 0.4) is 0 Å². The van der Waals surface area contributed by atoms with Crippen LogP contribution in [0.2, 0.25) is 0 Å². The lowest BCUT2D eigenvalue weighted by Gasteiger charge is -2.18. The Labute approximate surface area is 109 Å². The third-order valence-electron chi connectivity index (χ3n) is 2.71. The summed E-state index contributed by atoms with van der Waals surface area (Å²) >= 11 is 0. The van der Waals surface area contributed by atoms with Gasteiger partial charge in [-0.1, -0.05) is 25.5 Å². The predicted octanol–water partition coefficient (Wildman–Crippen LogP) is 1.96. The minimum atomic E-state index is -3.38. The molecule has 0 N–H and O–H groups in total. The van der Waals surface area contributed by atoms with E-state index in [9.17, 15) is 13.2 Å². The Hall–Kier alpha value is -1.36. The van der Waals surface area contributed by atoms with Crippen LogP contribution in [0.25, 0.3) is 0 Å². The zero-order valence-electron chi connectivity index (χ0n) is 11.0. The topological polar surface area (TPSA) is 54.5 Å². The maximum atomic E-state index is 12.2. The van der Waals surface area contributed by atoms with Crippen LogP contribution < -0.4 is 0 Å². The zero-order valence-corrected chi connectivity index (χ0v) is 11.8. The number of nitrogens with zero attached hydrogens (tertiary/aromatic N) is 1. The third kappa shape index (κ3) is 3.57. The van der Waals surface area contributed by atoms with Crippen LogP contribution in [-0.4, -0.2) is 39.1 Å². The van der Waals surface area contributed by atoms with Gasteiger partial charge >= 0.3 is 0 Å².